The monoisotopic (exact) mass is 342 g/mol. The van der Waals surface area contributed by atoms with Crippen LogP contribution in [0.15, 0.2) is 18.2 Å². The van der Waals surface area contributed by atoms with E-state index >= 15 is 0 Å². The number of carbonyl (C=O) groups excluding carboxylic acids is 2. The Hall–Kier alpha value is -1.67. The minimum Gasteiger partial charge on any atom is -0.391 e. The van der Waals surface area contributed by atoms with Crippen LogP contribution in [0.1, 0.15) is 18.0 Å². The molecule has 0 saturated carbocycles. The zero-order chi connectivity index (χ0) is 16.6. The topological polar surface area (TPSA) is 60.9 Å². The summed E-state index contributed by atoms with van der Waals surface area (Å²) in [7, 11) is 0. The molecule has 1 N–H and O–H groups in total. The van der Waals surface area contributed by atoms with E-state index in [0.29, 0.717) is 17.2 Å². The number of benzene rings is 1. The second-order valence-corrected chi connectivity index (χ2v) is 6.65. The minimum absolute atomic E-state index is 0.0568. The summed E-state index contributed by atoms with van der Waals surface area (Å²) >= 11 is 1.44. The van der Waals surface area contributed by atoms with E-state index in [4.69, 9.17) is 0 Å². The molecule has 2 aliphatic rings. The molecular weight excluding hydrogens is 326 g/mol. The van der Waals surface area contributed by atoms with Crippen molar-refractivity contribution < 1.29 is 23.5 Å². The number of likely N-dealkylation sites (tertiary alicyclic amines) is 1. The Morgan fingerprint density at radius 1 is 1.35 bits per heavy atom. The third-order valence-electron chi connectivity index (χ3n) is 4.08. The van der Waals surface area contributed by atoms with E-state index in [2.05, 4.69) is 0 Å². The van der Waals surface area contributed by atoms with Crippen molar-refractivity contribution in [3.63, 3.8) is 0 Å². The van der Waals surface area contributed by atoms with Gasteiger partial charge in [-0.1, -0.05) is 6.07 Å². The van der Waals surface area contributed by atoms with E-state index in [-0.39, 0.29) is 31.3 Å². The first-order valence-corrected chi connectivity index (χ1v) is 8.39. The Bertz CT molecular complexity index is 643. The quantitative estimate of drug-likeness (QED) is 0.895. The van der Waals surface area contributed by atoms with E-state index in [0.717, 1.165) is 12.1 Å². The lowest BCUT2D eigenvalue weighted by Crippen LogP contribution is -2.41. The molecule has 124 valence electrons. The van der Waals surface area contributed by atoms with Crippen molar-refractivity contribution in [1.82, 2.24) is 9.80 Å². The SMILES string of the molecule is O=C1CSCN1CC(=O)N1C[C@@H](O)C[C@H]1c1ccc(F)c(F)c1. The van der Waals surface area contributed by atoms with Gasteiger partial charge in [-0.05, 0) is 24.1 Å². The van der Waals surface area contributed by atoms with Gasteiger partial charge in [-0.2, -0.15) is 0 Å². The molecule has 0 aliphatic carbocycles. The molecule has 2 heterocycles. The number of hydrogen-bond acceptors (Lipinski definition) is 4. The van der Waals surface area contributed by atoms with Crippen molar-refractivity contribution >= 4 is 23.6 Å². The van der Waals surface area contributed by atoms with Crippen molar-refractivity contribution in [2.75, 3.05) is 24.7 Å². The second kappa shape index (κ2) is 6.45. The van der Waals surface area contributed by atoms with Gasteiger partial charge in [0.05, 0.1) is 23.8 Å². The zero-order valence-corrected chi connectivity index (χ0v) is 13.1. The molecule has 5 nitrogen and oxygen atoms in total. The van der Waals surface area contributed by atoms with Gasteiger partial charge in [0, 0.05) is 6.54 Å². The van der Waals surface area contributed by atoms with Crippen LogP contribution in [0.2, 0.25) is 0 Å². The Morgan fingerprint density at radius 3 is 2.78 bits per heavy atom. The van der Waals surface area contributed by atoms with Gasteiger partial charge in [-0.15, -0.1) is 11.8 Å². The Kier molecular flexibility index (Phi) is 4.54. The molecule has 1 aromatic carbocycles. The largest absolute Gasteiger partial charge is 0.391 e. The number of carbonyl (C=O) groups is 2. The molecule has 2 fully saturated rings. The normalized spacial score (nSPS) is 24.6. The maximum absolute atomic E-state index is 13.4. The van der Waals surface area contributed by atoms with E-state index in [1.807, 2.05) is 0 Å². The number of aliphatic hydroxyl groups is 1. The molecule has 2 saturated heterocycles. The number of thioether (sulfide) groups is 1. The average Bonchev–Trinajstić information content (AvgIpc) is 3.08. The summed E-state index contributed by atoms with van der Waals surface area (Å²) in [6.45, 7) is 0.0659. The Morgan fingerprint density at radius 2 is 2.13 bits per heavy atom. The Balaban J connectivity index is 1.77. The fourth-order valence-electron chi connectivity index (χ4n) is 2.92. The molecule has 2 atom stereocenters. The first kappa shape index (κ1) is 16.2. The number of aliphatic hydroxyl groups excluding tert-OH is 1. The number of β-amino-alcohol motifs (C(OH)–C–C–N with tert-alkyl or cyclic N) is 1. The van der Waals surface area contributed by atoms with Gasteiger partial charge in [0.1, 0.15) is 6.54 Å². The van der Waals surface area contributed by atoms with Gasteiger partial charge >= 0.3 is 0 Å². The molecule has 2 amide bonds. The van der Waals surface area contributed by atoms with Crippen LogP contribution in [0.5, 0.6) is 0 Å². The predicted molar refractivity (Wildman–Crippen MR) is 80.5 cm³/mol. The Labute approximate surface area is 136 Å². The van der Waals surface area contributed by atoms with Crippen molar-refractivity contribution in [3.8, 4) is 0 Å². The van der Waals surface area contributed by atoms with Gasteiger partial charge in [0.25, 0.3) is 0 Å². The fourth-order valence-corrected chi connectivity index (χ4v) is 3.82. The fraction of sp³-hybridized carbons (Fsp3) is 0.467. The zero-order valence-electron chi connectivity index (χ0n) is 12.2. The number of amides is 2. The predicted octanol–water partition coefficient (Wildman–Crippen LogP) is 1.13. The number of nitrogens with zero attached hydrogens (tertiary/aromatic N) is 2. The van der Waals surface area contributed by atoms with Gasteiger partial charge in [0.2, 0.25) is 11.8 Å². The lowest BCUT2D eigenvalue weighted by atomic mass is 10.0. The van der Waals surface area contributed by atoms with Gasteiger partial charge in [0.15, 0.2) is 11.6 Å². The van der Waals surface area contributed by atoms with Crippen molar-refractivity contribution in [2.24, 2.45) is 0 Å². The first-order valence-electron chi connectivity index (χ1n) is 7.23. The summed E-state index contributed by atoms with van der Waals surface area (Å²) in [6.07, 6.45) is -0.458. The molecule has 0 bridgehead atoms. The molecule has 0 unspecified atom stereocenters. The minimum atomic E-state index is -0.984. The van der Waals surface area contributed by atoms with E-state index in [9.17, 15) is 23.5 Å². The standard InChI is InChI=1S/C15H16F2N2O3S/c16-11-2-1-9(3-12(11)17)13-4-10(20)5-19(13)14(21)6-18-8-23-7-15(18)22/h1-3,10,13,20H,4-8H2/t10-,13-/m0/s1. The van der Waals surface area contributed by atoms with Crippen LogP contribution in [0.25, 0.3) is 0 Å². The third kappa shape index (κ3) is 3.32. The highest BCUT2D eigenvalue weighted by molar-refractivity contribution is 8.00. The number of halogens is 2. The van der Waals surface area contributed by atoms with Crippen molar-refractivity contribution in [1.29, 1.82) is 0 Å². The van der Waals surface area contributed by atoms with Crippen LogP contribution in [0, 0.1) is 11.6 Å². The summed E-state index contributed by atoms with van der Waals surface area (Å²) in [5.41, 5.74) is 0.441. The summed E-state index contributed by atoms with van der Waals surface area (Å²) in [5.74, 6) is -1.49. The van der Waals surface area contributed by atoms with Gasteiger partial charge < -0.3 is 14.9 Å². The maximum Gasteiger partial charge on any atom is 0.242 e. The first-order chi connectivity index (χ1) is 11.0. The van der Waals surface area contributed by atoms with Crippen LogP contribution in [-0.2, 0) is 9.59 Å². The van der Waals surface area contributed by atoms with Gasteiger partial charge in [-0.25, -0.2) is 8.78 Å². The molecule has 8 heteroatoms. The highest BCUT2D eigenvalue weighted by atomic mass is 32.2. The van der Waals surface area contributed by atoms with E-state index in [1.165, 1.54) is 27.6 Å². The summed E-state index contributed by atoms with van der Waals surface area (Å²) in [6, 6.07) is 2.96. The molecule has 3 rings (SSSR count). The molecule has 2 aliphatic heterocycles. The van der Waals surface area contributed by atoms with Gasteiger partial charge in [-0.3, -0.25) is 9.59 Å². The molecule has 1 aromatic rings. The van der Waals surface area contributed by atoms with Crippen molar-refractivity contribution in [3.05, 3.63) is 35.4 Å². The second-order valence-electron chi connectivity index (χ2n) is 5.69. The van der Waals surface area contributed by atoms with Crippen LogP contribution in [0.4, 0.5) is 8.78 Å². The van der Waals surface area contributed by atoms with Crippen LogP contribution >= 0.6 is 11.8 Å². The van der Waals surface area contributed by atoms with Crippen molar-refractivity contribution in [2.45, 2.75) is 18.6 Å². The van der Waals surface area contributed by atoms with Crippen LogP contribution in [-0.4, -0.2) is 57.5 Å². The number of hydrogen-bond donors (Lipinski definition) is 1. The highest BCUT2D eigenvalue weighted by Crippen LogP contribution is 2.33. The highest BCUT2D eigenvalue weighted by Gasteiger charge is 2.37. The molecule has 0 aromatic heterocycles. The third-order valence-corrected chi connectivity index (χ3v) is 5.02. The van der Waals surface area contributed by atoms with Crippen LogP contribution in [0.3, 0.4) is 0 Å². The average molecular weight is 342 g/mol. The van der Waals surface area contributed by atoms with E-state index < -0.39 is 23.8 Å². The number of rotatable bonds is 3. The maximum atomic E-state index is 13.4. The molecule has 0 spiro atoms. The molecule has 23 heavy (non-hydrogen) atoms. The summed E-state index contributed by atoms with van der Waals surface area (Å²) < 4.78 is 26.5. The summed E-state index contributed by atoms with van der Waals surface area (Å²) in [5, 5.41) is 9.87. The smallest absolute Gasteiger partial charge is 0.242 e. The van der Waals surface area contributed by atoms with E-state index in [1.54, 1.807) is 0 Å². The molecule has 0 radical (unpaired) electrons. The lowest BCUT2D eigenvalue weighted by Gasteiger charge is -2.27. The summed E-state index contributed by atoms with van der Waals surface area (Å²) in [4.78, 5) is 27.0. The van der Waals surface area contributed by atoms with Crippen LogP contribution < -0.4 is 0 Å². The molecular formula is C15H16F2N2O3S. The lowest BCUT2D eigenvalue weighted by molar-refractivity contribution is -0.138.